The highest BCUT2D eigenvalue weighted by Crippen LogP contribution is 2.28. The van der Waals surface area contributed by atoms with E-state index in [2.05, 4.69) is 0 Å². The highest BCUT2D eigenvalue weighted by atomic mass is 16.6. The molecule has 0 N–H and O–H groups in total. The van der Waals surface area contributed by atoms with Gasteiger partial charge in [0.1, 0.15) is 5.75 Å². The van der Waals surface area contributed by atoms with Gasteiger partial charge in [0, 0.05) is 12.5 Å². The van der Waals surface area contributed by atoms with Gasteiger partial charge in [-0.15, -0.1) is 0 Å². The lowest BCUT2D eigenvalue weighted by Gasteiger charge is -2.14. The van der Waals surface area contributed by atoms with E-state index in [-0.39, 0.29) is 12.4 Å². The summed E-state index contributed by atoms with van der Waals surface area (Å²) in [5.41, 5.74) is 1.49. The smallest absolute Gasteiger partial charge is 0.311 e. The topological polar surface area (TPSA) is 68.5 Å². The summed E-state index contributed by atoms with van der Waals surface area (Å²) in [6, 6.07) is 14.6. The lowest BCUT2D eigenvalue weighted by molar-refractivity contribution is -0.134. The minimum absolute atomic E-state index is 0.246. The van der Waals surface area contributed by atoms with Crippen molar-refractivity contribution in [1.82, 2.24) is 0 Å². The van der Waals surface area contributed by atoms with E-state index in [1.54, 1.807) is 18.2 Å². The van der Waals surface area contributed by atoms with Gasteiger partial charge in [0.15, 0.2) is 11.5 Å². The van der Waals surface area contributed by atoms with Crippen molar-refractivity contribution in [1.29, 1.82) is 5.26 Å². The molecule has 1 aliphatic carbocycles. The molecule has 0 aromatic heterocycles. The molecule has 0 spiro atoms. The third-order valence-electron chi connectivity index (χ3n) is 4.64. The number of hydrogen-bond donors (Lipinski definition) is 0. The number of ether oxygens (including phenoxy) is 3. The molecule has 0 radical (unpaired) electrons. The fourth-order valence-electron chi connectivity index (χ4n) is 3.21. The van der Waals surface area contributed by atoms with E-state index in [9.17, 15) is 4.79 Å². The number of carbonyl (C=O) groups is 1. The lowest BCUT2D eigenvalue weighted by atomic mass is 10.1. The molecule has 2 aromatic carbocycles. The Bertz CT molecular complexity index is 834. The fourth-order valence-corrected chi connectivity index (χ4v) is 3.21. The molecule has 5 heteroatoms. The minimum atomic E-state index is -0.347. The highest BCUT2D eigenvalue weighted by Gasteiger charge is 2.16. The van der Waals surface area contributed by atoms with Gasteiger partial charge in [0.2, 0.25) is 0 Å². The van der Waals surface area contributed by atoms with Gasteiger partial charge in [0.25, 0.3) is 0 Å². The van der Waals surface area contributed by atoms with Crippen LogP contribution in [0, 0.1) is 11.3 Å². The standard InChI is InChI=1S/C22H23NO4/c1-25-21-14-17(15-23)9-11-20(21)27-22(24)12-10-16-5-4-8-19(13-16)26-18-6-2-3-7-18/h4-5,8-9,11,13-14,18H,2-3,6-7,10,12H2,1H3. The van der Waals surface area contributed by atoms with Gasteiger partial charge in [-0.25, -0.2) is 0 Å². The molecule has 0 bridgehead atoms. The summed E-state index contributed by atoms with van der Waals surface area (Å²) in [7, 11) is 1.48. The van der Waals surface area contributed by atoms with E-state index in [0.29, 0.717) is 29.6 Å². The van der Waals surface area contributed by atoms with Crippen molar-refractivity contribution >= 4 is 5.97 Å². The van der Waals surface area contributed by atoms with Crippen LogP contribution in [0.5, 0.6) is 17.2 Å². The monoisotopic (exact) mass is 365 g/mol. The van der Waals surface area contributed by atoms with Crippen molar-refractivity contribution in [3.8, 4) is 23.3 Å². The first kappa shape index (κ1) is 18.8. The van der Waals surface area contributed by atoms with Crippen LogP contribution < -0.4 is 14.2 Å². The van der Waals surface area contributed by atoms with Crippen LogP contribution in [-0.4, -0.2) is 19.2 Å². The summed E-state index contributed by atoms with van der Waals surface area (Å²) < 4.78 is 16.6. The van der Waals surface area contributed by atoms with E-state index in [1.165, 1.54) is 20.0 Å². The third kappa shape index (κ3) is 5.24. The first-order chi connectivity index (χ1) is 13.2. The van der Waals surface area contributed by atoms with Crippen molar-refractivity contribution in [2.45, 2.75) is 44.6 Å². The SMILES string of the molecule is COc1cc(C#N)ccc1OC(=O)CCc1cccc(OC2CCCC2)c1. The van der Waals surface area contributed by atoms with Crippen LogP contribution in [0.2, 0.25) is 0 Å². The van der Waals surface area contributed by atoms with Crippen LogP contribution in [0.3, 0.4) is 0 Å². The van der Waals surface area contributed by atoms with Crippen molar-refractivity contribution in [2.24, 2.45) is 0 Å². The summed E-state index contributed by atoms with van der Waals surface area (Å²) in [6.45, 7) is 0. The van der Waals surface area contributed by atoms with E-state index in [1.807, 2.05) is 30.3 Å². The molecule has 0 atom stereocenters. The second-order valence-corrected chi connectivity index (χ2v) is 6.62. The first-order valence-corrected chi connectivity index (χ1v) is 9.22. The second kappa shape index (κ2) is 9.09. The molecule has 1 saturated carbocycles. The summed E-state index contributed by atoms with van der Waals surface area (Å²) in [6.07, 6.45) is 5.82. The quantitative estimate of drug-likeness (QED) is 0.536. The van der Waals surface area contributed by atoms with Crippen LogP contribution in [0.15, 0.2) is 42.5 Å². The number of benzene rings is 2. The first-order valence-electron chi connectivity index (χ1n) is 9.22. The van der Waals surface area contributed by atoms with Gasteiger partial charge < -0.3 is 14.2 Å². The van der Waals surface area contributed by atoms with Crippen LogP contribution in [0.25, 0.3) is 0 Å². The zero-order chi connectivity index (χ0) is 19.1. The number of hydrogen-bond acceptors (Lipinski definition) is 5. The van der Waals surface area contributed by atoms with Gasteiger partial charge in [-0.3, -0.25) is 4.79 Å². The summed E-state index contributed by atoms with van der Waals surface area (Å²) in [5, 5.41) is 8.93. The lowest BCUT2D eigenvalue weighted by Crippen LogP contribution is -2.11. The van der Waals surface area contributed by atoms with E-state index in [4.69, 9.17) is 19.5 Å². The Morgan fingerprint density at radius 3 is 2.70 bits per heavy atom. The highest BCUT2D eigenvalue weighted by molar-refractivity contribution is 5.73. The summed E-state index contributed by atoms with van der Waals surface area (Å²) in [4.78, 5) is 12.2. The molecule has 1 fully saturated rings. The predicted octanol–water partition coefficient (Wildman–Crippen LogP) is 4.43. The Morgan fingerprint density at radius 2 is 1.96 bits per heavy atom. The average molecular weight is 365 g/mol. The fraction of sp³-hybridized carbons (Fsp3) is 0.364. The molecule has 0 aliphatic heterocycles. The maximum atomic E-state index is 12.2. The Kier molecular flexibility index (Phi) is 6.32. The maximum absolute atomic E-state index is 12.2. The molecular weight excluding hydrogens is 342 g/mol. The molecule has 27 heavy (non-hydrogen) atoms. The number of esters is 1. The molecule has 140 valence electrons. The van der Waals surface area contributed by atoms with Crippen LogP contribution in [0.1, 0.15) is 43.2 Å². The maximum Gasteiger partial charge on any atom is 0.311 e. The molecule has 2 aromatic rings. The predicted molar refractivity (Wildman–Crippen MR) is 101 cm³/mol. The van der Waals surface area contributed by atoms with Crippen molar-refractivity contribution in [2.75, 3.05) is 7.11 Å². The third-order valence-corrected chi connectivity index (χ3v) is 4.64. The number of rotatable bonds is 7. The van der Waals surface area contributed by atoms with Gasteiger partial charge >= 0.3 is 5.97 Å². The zero-order valence-corrected chi connectivity index (χ0v) is 15.4. The molecule has 3 rings (SSSR count). The van der Waals surface area contributed by atoms with Crippen LogP contribution in [0.4, 0.5) is 0 Å². The number of nitriles is 1. The molecule has 0 heterocycles. The Balaban J connectivity index is 1.55. The largest absolute Gasteiger partial charge is 0.493 e. The molecule has 5 nitrogen and oxygen atoms in total. The Labute approximate surface area is 159 Å². The van der Waals surface area contributed by atoms with Gasteiger partial charge in [-0.2, -0.15) is 5.26 Å². The molecule has 0 saturated heterocycles. The summed E-state index contributed by atoms with van der Waals surface area (Å²) in [5.74, 6) is 1.20. The Morgan fingerprint density at radius 1 is 1.15 bits per heavy atom. The van der Waals surface area contributed by atoms with Crippen molar-refractivity contribution in [3.05, 3.63) is 53.6 Å². The van der Waals surface area contributed by atoms with E-state index in [0.717, 1.165) is 24.2 Å². The molecule has 0 unspecified atom stereocenters. The summed E-state index contributed by atoms with van der Waals surface area (Å²) >= 11 is 0. The van der Waals surface area contributed by atoms with Gasteiger partial charge in [0.05, 0.1) is 24.8 Å². The molecular formula is C22H23NO4. The van der Waals surface area contributed by atoms with Crippen LogP contribution >= 0.6 is 0 Å². The van der Waals surface area contributed by atoms with E-state index < -0.39 is 0 Å². The molecule has 1 aliphatic rings. The van der Waals surface area contributed by atoms with Gasteiger partial charge in [-0.1, -0.05) is 12.1 Å². The number of nitrogens with zero attached hydrogens (tertiary/aromatic N) is 1. The Hall–Kier alpha value is -3.00. The van der Waals surface area contributed by atoms with Crippen molar-refractivity contribution in [3.63, 3.8) is 0 Å². The van der Waals surface area contributed by atoms with Crippen LogP contribution in [-0.2, 0) is 11.2 Å². The second-order valence-electron chi connectivity index (χ2n) is 6.62. The number of methoxy groups -OCH3 is 1. The molecule has 0 amide bonds. The minimum Gasteiger partial charge on any atom is -0.493 e. The number of carbonyl (C=O) groups excluding carboxylic acids is 1. The normalized spacial score (nSPS) is 13.8. The zero-order valence-electron chi connectivity index (χ0n) is 15.4. The van der Waals surface area contributed by atoms with E-state index >= 15 is 0 Å². The van der Waals surface area contributed by atoms with Gasteiger partial charge in [-0.05, 0) is 61.9 Å². The van der Waals surface area contributed by atoms with Crippen molar-refractivity contribution < 1.29 is 19.0 Å². The average Bonchev–Trinajstić information content (AvgIpc) is 3.20. The number of aryl methyl sites for hydroxylation is 1.